The van der Waals surface area contributed by atoms with Crippen LogP contribution in [0.1, 0.15) is 48.4 Å². The van der Waals surface area contributed by atoms with E-state index in [1.807, 2.05) is 121 Å². The molecule has 76 heavy (non-hydrogen) atoms. The molecule has 0 radical (unpaired) electrons. The SMILES string of the molecule is COC(=O)c1ccc(-c2ccccc2)cc1.COC(=O)c1ccc(Br)cc1.C[C@@H](O)[C@H](NC(=O)c1ccc(-c2ccccc2)cc1)C(=O)NO.O=C(O)c1ccc(-c2ccccc2)cc1.OB(O)c1ccccc1.[Na+].[OH-]. The zero-order valence-corrected chi connectivity index (χ0v) is 45.5. The molecule has 0 heterocycles. The smallest absolute Gasteiger partial charge is 0.870 e. The average molecular weight is 1100 g/mol. The molecule has 0 saturated heterocycles. The number of hydroxylamine groups is 1. The van der Waals surface area contributed by atoms with Gasteiger partial charge in [-0.2, -0.15) is 0 Å². The maximum atomic E-state index is 12.1. The number of benzene rings is 8. The standard InChI is InChI=1S/C17H18N2O4.C14H12O2.C13H10O2.C8H7BrO2.C6H7BO2.Na.H2O/c1-11(20)15(17(22)19-23)18-16(21)14-9-7-13(8-10-14)12-5-3-2-4-6-12;1-16-14(15)13-9-7-12(8-10-13)11-5-3-2-4-6-11;14-13(15)12-8-6-11(7-9-12)10-4-2-1-3-5-10;1-11-8(10)6-2-4-7(9)5-3-6;8-7(9)6-4-2-1-3-5-6;;/h2-11,15,20,23H,1H3,(H,18,21)(H,19,22);2-10H,1H3;1-9H,(H,14,15);2-5H,1H3;1-5,8-9H;;1H2/q;;;;;+1;/p-1/t11-,15+;;;;;;/m1....../s1. The number of carboxylic acids is 1. The van der Waals surface area contributed by atoms with Crippen molar-refractivity contribution in [1.82, 2.24) is 10.8 Å². The van der Waals surface area contributed by atoms with Gasteiger partial charge >= 0.3 is 54.6 Å². The first kappa shape index (κ1) is 64.6. The molecule has 2 amide bonds. The normalized spacial score (nSPS) is 10.4. The summed E-state index contributed by atoms with van der Waals surface area (Å²) < 4.78 is 10.1. The number of aliphatic hydroxyl groups excluding tert-OH is 1. The van der Waals surface area contributed by atoms with Crippen LogP contribution in [-0.2, 0) is 14.3 Å². The van der Waals surface area contributed by atoms with Gasteiger partial charge in [0, 0.05) is 10.0 Å². The number of amides is 2. The number of carbonyl (C=O) groups is 5. The number of methoxy groups -OCH3 is 2. The summed E-state index contributed by atoms with van der Waals surface area (Å²) in [6, 6.07) is 65.1. The minimum atomic E-state index is -1.34. The average Bonchev–Trinajstić information content (AvgIpc) is 3.45. The minimum Gasteiger partial charge on any atom is -0.870 e. The van der Waals surface area contributed by atoms with Crippen LogP contribution in [0.2, 0.25) is 0 Å². The molecule has 15 nitrogen and oxygen atoms in total. The second kappa shape index (κ2) is 34.9. The molecule has 0 aromatic heterocycles. The van der Waals surface area contributed by atoms with Gasteiger partial charge in [0.25, 0.3) is 11.8 Å². The van der Waals surface area contributed by atoms with Crippen LogP contribution in [0.25, 0.3) is 33.4 Å². The predicted octanol–water partition coefficient (Wildman–Crippen LogP) is 5.96. The molecule has 0 bridgehead atoms. The van der Waals surface area contributed by atoms with Crippen LogP contribution in [-0.4, -0.2) is 94.2 Å². The summed E-state index contributed by atoms with van der Waals surface area (Å²) >= 11 is 3.26. The third-order valence-electron chi connectivity index (χ3n) is 10.4. The number of carbonyl (C=O) groups excluding carboxylic acids is 4. The van der Waals surface area contributed by atoms with Crippen molar-refractivity contribution in [3.8, 4) is 33.4 Å². The fraction of sp³-hybridized carbons (Fsp3) is 0.0862. The molecule has 386 valence electrons. The Morgan fingerprint density at radius 2 is 0.789 bits per heavy atom. The Morgan fingerprint density at radius 1 is 0.487 bits per heavy atom. The fourth-order valence-corrected chi connectivity index (χ4v) is 6.72. The molecule has 0 saturated carbocycles. The zero-order chi connectivity index (χ0) is 53.8. The van der Waals surface area contributed by atoms with Crippen molar-refractivity contribution in [1.29, 1.82) is 0 Å². The summed E-state index contributed by atoms with van der Waals surface area (Å²) in [7, 11) is 1.41. The van der Waals surface area contributed by atoms with Crippen LogP contribution in [0, 0.1) is 0 Å². The fourth-order valence-electron chi connectivity index (χ4n) is 6.46. The van der Waals surface area contributed by atoms with Crippen molar-refractivity contribution in [2.45, 2.75) is 19.1 Å². The summed E-state index contributed by atoms with van der Waals surface area (Å²) in [5.74, 6) is -2.90. The number of halogens is 1. The Balaban J connectivity index is 0.000000334. The summed E-state index contributed by atoms with van der Waals surface area (Å²) in [4.78, 5) is 56.3. The van der Waals surface area contributed by atoms with E-state index in [2.05, 4.69) is 30.7 Å². The third-order valence-corrected chi connectivity index (χ3v) is 11.0. The number of aromatic carboxylic acids is 1. The molecule has 8 aromatic rings. The van der Waals surface area contributed by atoms with E-state index in [1.54, 1.807) is 97.1 Å². The first-order chi connectivity index (χ1) is 35.6. The molecule has 0 aliphatic heterocycles. The van der Waals surface area contributed by atoms with Crippen molar-refractivity contribution in [3.05, 3.63) is 245 Å². The number of aliphatic hydroxyl groups is 1. The number of ether oxygens (including phenoxy) is 2. The number of carboxylic acid groups (broad SMARTS) is 1. The van der Waals surface area contributed by atoms with Gasteiger partial charge in [0.2, 0.25) is 0 Å². The first-order valence-electron chi connectivity index (χ1n) is 22.6. The van der Waals surface area contributed by atoms with Gasteiger partial charge in [-0.15, -0.1) is 0 Å². The van der Waals surface area contributed by atoms with Crippen molar-refractivity contribution in [2.24, 2.45) is 0 Å². The maximum Gasteiger partial charge on any atom is 1.00 e. The van der Waals surface area contributed by atoms with Gasteiger partial charge in [0.15, 0.2) is 0 Å². The largest absolute Gasteiger partial charge is 1.00 e. The molecule has 8 N–H and O–H groups in total. The maximum absolute atomic E-state index is 12.1. The van der Waals surface area contributed by atoms with E-state index in [0.29, 0.717) is 27.7 Å². The van der Waals surface area contributed by atoms with Gasteiger partial charge in [-0.1, -0.05) is 174 Å². The van der Waals surface area contributed by atoms with Gasteiger partial charge in [-0.3, -0.25) is 14.8 Å². The number of nitrogens with one attached hydrogen (secondary N) is 2. The van der Waals surface area contributed by atoms with Gasteiger partial charge in [0.1, 0.15) is 6.04 Å². The number of hydrogen-bond donors (Lipinski definition) is 7. The molecule has 0 aliphatic rings. The Hall–Kier alpha value is -7.55. The van der Waals surface area contributed by atoms with Gasteiger partial charge in [0.05, 0.1) is 37.0 Å². The Bertz CT molecular complexity index is 2960. The van der Waals surface area contributed by atoms with Crippen LogP contribution in [0.15, 0.2) is 223 Å². The first-order valence-corrected chi connectivity index (χ1v) is 23.4. The molecule has 2 atom stereocenters. The van der Waals surface area contributed by atoms with Crippen LogP contribution >= 0.6 is 15.9 Å². The van der Waals surface area contributed by atoms with Crippen LogP contribution in [0.4, 0.5) is 0 Å². The molecule has 0 unspecified atom stereocenters. The molecule has 0 fully saturated rings. The van der Waals surface area contributed by atoms with E-state index in [0.717, 1.165) is 37.9 Å². The van der Waals surface area contributed by atoms with E-state index < -0.39 is 37.0 Å². The molecule has 8 aromatic carbocycles. The molecule has 18 heteroatoms. The molecule has 8 rings (SSSR count). The second-order valence-electron chi connectivity index (χ2n) is 15.6. The number of rotatable bonds is 11. The van der Waals surface area contributed by atoms with Crippen molar-refractivity contribution in [2.75, 3.05) is 14.2 Å². The van der Waals surface area contributed by atoms with Gasteiger partial charge < -0.3 is 40.5 Å². The van der Waals surface area contributed by atoms with Crippen LogP contribution in [0.3, 0.4) is 0 Å². The Labute approximate surface area is 471 Å². The number of hydrogen-bond acceptors (Lipinski definition) is 12. The number of esters is 2. The molecule has 0 aliphatic carbocycles. The van der Waals surface area contributed by atoms with Crippen molar-refractivity contribution >= 4 is 58.2 Å². The van der Waals surface area contributed by atoms with Crippen molar-refractivity contribution in [3.63, 3.8) is 0 Å². The summed E-state index contributed by atoms with van der Waals surface area (Å²) in [6.45, 7) is 1.35. The third kappa shape index (κ3) is 21.7. The van der Waals surface area contributed by atoms with E-state index in [-0.39, 0.29) is 47.0 Å². The zero-order valence-electron chi connectivity index (χ0n) is 41.9. The van der Waals surface area contributed by atoms with E-state index in [9.17, 15) is 29.1 Å². The van der Waals surface area contributed by atoms with E-state index in [4.69, 9.17) is 20.4 Å². The van der Waals surface area contributed by atoms with E-state index in [1.165, 1.54) is 26.6 Å². The minimum absolute atomic E-state index is 0. The van der Waals surface area contributed by atoms with Crippen LogP contribution < -0.4 is 45.8 Å². The van der Waals surface area contributed by atoms with Crippen molar-refractivity contribution < 1.29 is 93.9 Å². The summed E-state index contributed by atoms with van der Waals surface area (Å²) in [6.07, 6.45) is -1.14. The quantitative estimate of drug-likeness (QED) is 0.0342. The Kier molecular flexibility index (Phi) is 29.6. The molecular formula is C58H55BBrN2NaO13. The predicted molar refractivity (Wildman–Crippen MR) is 290 cm³/mol. The summed E-state index contributed by atoms with van der Waals surface area (Å²) in [5.41, 5.74) is 10.1. The Morgan fingerprint density at radius 3 is 1.08 bits per heavy atom. The molecular weight excluding hydrogens is 1050 g/mol. The topological polar surface area (TPSA) is 259 Å². The van der Waals surface area contributed by atoms with Crippen LogP contribution in [0.5, 0.6) is 0 Å². The monoisotopic (exact) mass is 1100 g/mol. The van der Waals surface area contributed by atoms with Gasteiger partial charge in [-0.05, 0) is 106 Å². The van der Waals surface area contributed by atoms with E-state index >= 15 is 0 Å². The summed E-state index contributed by atoms with van der Waals surface area (Å²) in [5, 5.41) is 46.4. The van der Waals surface area contributed by atoms with Gasteiger partial charge in [-0.25, -0.2) is 19.9 Å². The second-order valence-corrected chi connectivity index (χ2v) is 16.5. The molecule has 0 spiro atoms.